The van der Waals surface area contributed by atoms with Crippen molar-refractivity contribution in [1.82, 2.24) is 15.1 Å². The molecule has 0 aliphatic carbocycles. The van der Waals surface area contributed by atoms with Crippen molar-refractivity contribution < 1.29 is 0 Å². The molecule has 3 aliphatic heterocycles. The molecular weight excluding hydrogens is 210 g/mol. The number of fused-ring (bicyclic) bond motifs is 2. The lowest BCUT2D eigenvalue weighted by Crippen LogP contribution is -2.29. The van der Waals surface area contributed by atoms with Gasteiger partial charge in [0, 0.05) is 23.7 Å². The van der Waals surface area contributed by atoms with Gasteiger partial charge >= 0.3 is 0 Å². The second kappa shape index (κ2) is 6.80. The Balaban J connectivity index is 0.000000330. The average molecular weight is 237 g/mol. The topological polar surface area (TPSA) is 31.9 Å². The van der Waals surface area contributed by atoms with Crippen LogP contribution in [0.1, 0.15) is 63.4 Å². The molecule has 1 saturated heterocycles. The molecule has 4 rings (SSSR count). The summed E-state index contributed by atoms with van der Waals surface area (Å²) < 4.78 is 0. The number of nitrogens with zero attached hydrogens (tertiary/aromatic N) is 2. The first kappa shape index (κ1) is 14.2. The largest absolute Gasteiger partial charge is 0.299 e. The lowest BCUT2D eigenvalue weighted by molar-refractivity contribution is 0.219. The Labute approximate surface area is 106 Å². The zero-order chi connectivity index (χ0) is 12.8. The van der Waals surface area contributed by atoms with E-state index in [9.17, 15) is 0 Å². The molecule has 4 heterocycles. The molecule has 1 fully saturated rings. The summed E-state index contributed by atoms with van der Waals surface area (Å²) in [6.07, 6.45) is 2.61. The number of hydrogen-bond donors (Lipinski definition) is 1. The molecule has 0 radical (unpaired) electrons. The van der Waals surface area contributed by atoms with Gasteiger partial charge in [-0.2, -0.15) is 5.10 Å². The second-order valence-corrected chi connectivity index (χ2v) is 4.26. The molecule has 2 bridgehead atoms. The molecule has 3 heteroatoms. The molecule has 0 aromatic carbocycles. The highest BCUT2D eigenvalue weighted by molar-refractivity contribution is 5.29. The molecule has 3 nitrogen and oxygen atoms in total. The Bertz CT molecular complexity index is 322. The minimum atomic E-state index is 0.735. The molecule has 0 atom stereocenters. The van der Waals surface area contributed by atoms with E-state index in [0.717, 1.165) is 12.5 Å². The van der Waals surface area contributed by atoms with Crippen LogP contribution in [0.2, 0.25) is 0 Å². The van der Waals surface area contributed by atoms with Crippen LogP contribution in [-0.4, -0.2) is 28.2 Å². The fourth-order valence-corrected chi connectivity index (χ4v) is 2.60. The maximum Gasteiger partial charge on any atom is 0.0701 e. The van der Waals surface area contributed by atoms with E-state index in [1.54, 1.807) is 0 Å². The number of H-pyrrole nitrogens is 1. The lowest BCUT2D eigenvalue weighted by atomic mass is 9.94. The van der Waals surface area contributed by atoms with Gasteiger partial charge in [0.25, 0.3) is 0 Å². The zero-order valence-corrected chi connectivity index (χ0v) is 12.0. The number of aryl methyl sites for hydroxylation is 1. The van der Waals surface area contributed by atoms with Crippen LogP contribution in [-0.2, 0) is 6.54 Å². The van der Waals surface area contributed by atoms with E-state index in [-0.39, 0.29) is 0 Å². The standard InChI is InChI=1S/C10H15N3.2C2H6/c1-7-9-6-13-4-2-8(3-5-13)10(9)12-11-7;2*1-2/h8H,2-6H2,1H3,(H,11,12);2*1-2H3. The molecule has 98 valence electrons. The summed E-state index contributed by atoms with van der Waals surface area (Å²) in [6, 6.07) is 0. The summed E-state index contributed by atoms with van der Waals surface area (Å²) in [5.41, 5.74) is 4.10. The van der Waals surface area contributed by atoms with Gasteiger partial charge in [-0.15, -0.1) is 0 Å². The predicted octanol–water partition coefficient (Wildman–Crippen LogP) is 3.46. The van der Waals surface area contributed by atoms with Crippen molar-refractivity contribution in [1.29, 1.82) is 0 Å². The first-order chi connectivity index (χ1) is 8.34. The van der Waals surface area contributed by atoms with Crippen LogP contribution < -0.4 is 0 Å². The molecule has 1 N–H and O–H groups in total. The molecule has 0 spiro atoms. The van der Waals surface area contributed by atoms with Gasteiger partial charge in [0.1, 0.15) is 0 Å². The van der Waals surface area contributed by atoms with Crippen LogP contribution in [0.5, 0.6) is 0 Å². The van der Waals surface area contributed by atoms with Crippen molar-refractivity contribution >= 4 is 0 Å². The van der Waals surface area contributed by atoms with Gasteiger partial charge in [-0.3, -0.25) is 10.00 Å². The smallest absolute Gasteiger partial charge is 0.0701 e. The maximum absolute atomic E-state index is 4.44. The van der Waals surface area contributed by atoms with Crippen LogP contribution in [0.3, 0.4) is 0 Å². The molecular formula is C14H27N3. The number of piperidine rings is 1. The van der Waals surface area contributed by atoms with Gasteiger partial charge in [-0.1, -0.05) is 27.7 Å². The summed E-state index contributed by atoms with van der Waals surface area (Å²) in [6.45, 7) is 13.8. The molecule has 3 aliphatic rings. The fraction of sp³-hybridized carbons (Fsp3) is 0.786. The van der Waals surface area contributed by atoms with Crippen molar-refractivity contribution in [3.63, 3.8) is 0 Å². The number of rotatable bonds is 0. The molecule has 1 aromatic rings. The normalized spacial score (nSPS) is 24.8. The number of aromatic nitrogens is 2. The second-order valence-electron chi connectivity index (χ2n) is 4.26. The molecule has 0 amide bonds. The molecule has 17 heavy (non-hydrogen) atoms. The van der Waals surface area contributed by atoms with Gasteiger partial charge < -0.3 is 0 Å². The Morgan fingerprint density at radius 2 is 1.71 bits per heavy atom. The Hall–Kier alpha value is -0.830. The predicted molar refractivity (Wildman–Crippen MR) is 73.3 cm³/mol. The molecule has 0 unspecified atom stereocenters. The van der Waals surface area contributed by atoms with E-state index in [2.05, 4.69) is 22.0 Å². The molecule has 0 saturated carbocycles. The van der Waals surface area contributed by atoms with Crippen LogP contribution in [0.4, 0.5) is 0 Å². The van der Waals surface area contributed by atoms with Crippen LogP contribution in [0.15, 0.2) is 0 Å². The molecule has 1 aromatic heterocycles. The van der Waals surface area contributed by atoms with E-state index in [1.165, 1.54) is 42.9 Å². The minimum absolute atomic E-state index is 0.735. The third-order valence-electron chi connectivity index (χ3n) is 3.46. The number of aromatic amines is 1. The maximum atomic E-state index is 4.44. The van der Waals surface area contributed by atoms with Crippen molar-refractivity contribution in [2.24, 2.45) is 0 Å². The van der Waals surface area contributed by atoms with Crippen molar-refractivity contribution in [2.75, 3.05) is 13.1 Å². The highest BCUT2D eigenvalue weighted by Gasteiger charge is 2.30. The zero-order valence-electron chi connectivity index (χ0n) is 12.0. The highest BCUT2D eigenvalue weighted by atomic mass is 15.2. The van der Waals surface area contributed by atoms with Gasteiger partial charge in [-0.05, 0) is 32.9 Å². The van der Waals surface area contributed by atoms with E-state index >= 15 is 0 Å². The summed E-state index contributed by atoms with van der Waals surface area (Å²) >= 11 is 0. The van der Waals surface area contributed by atoms with Crippen molar-refractivity contribution in [3.05, 3.63) is 17.0 Å². The Kier molecular flexibility index (Phi) is 5.69. The minimum Gasteiger partial charge on any atom is -0.299 e. The average Bonchev–Trinajstić information content (AvgIpc) is 2.61. The highest BCUT2D eigenvalue weighted by Crippen LogP contribution is 2.35. The van der Waals surface area contributed by atoms with Gasteiger partial charge in [0.05, 0.1) is 5.69 Å². The van der Waals surface area contributed by atoms with E-state index < -0.39 is 0 Å². The summed E-state index contributed by atoms with van der Waals surface area (Å²) in [4.78, 5) is 2.55. The fourth-order valence-electron chi connectivity index (χ4n) is 2.60. The van der Waals surface area contributed by atoms with E-state index in [1.807, 2.05) is 27.7 Å². The summed E-state index contributed by atoms with van der Waals surface area (Å²) in [5.74, 6) is 0.735. The van der Waals surface area contributed by atoms with Crippen molar-refractivity contribution in [3.8, 4) is 0 Å². The monoisotopic (exact) mass is 237 g/mol. The number of hydrogen-bond acceptors (Lipinski definition) is 2. The van der Waals surface area contributed by atoms with Gasteiger partial charge in [0.2, 0.25) is 0 Å². The Morgan fingerprint density at radius 1 is 1.12 bits per heavy atom. The summed E-state index contributed by atoms with van der Waals surface area (Å²) in [5, 5.41) is 7.56. The van der Waals surface area contributed by atoms with Crippen LogP contribution in [0.25, 0.3) is 0 Å². The number of nitrogens with one attached hydrogen (secondary N) is 1. The quantitative estimate of drug-likeness (QED) is 0.749. The van der Waals surface area contributed by atoms with Gasteiger partial charge in [-0.25, -0.2) is 0 Å². The third-order valence-corrected chi connectivity index (χ3v) is 3.46. The SMILES string of the molecule is CC.CC.Cc1[nH]nc2c1CN1CCC2CC1. The first-order valence-corrected chi connectivity index (χ1v) is 7.10. The van der Waals surface area contributed by atoms with E-state index in [0.29, 0.717) is 0 Å². The first-order valence-electron chi connectivity index (χ1n) is 7.10. The van der Waals surface area contributed by atoms with Crippen LogP contribution in [0, 0.1) is 6.92 Å². The Morgan fingerprint density at radius 3 is 2.29 bits per heavy atom. The van der Waals surface area contributed by atoms with Gasteiger partial charge in [0.15, 0.2) is 0 Å². The lowest BCUT2D eigenvalue weighted by Gasteiger charge is -2.26. The van der Waals surface area contributed by atoms with E-state index in [4.69, 9.17) is 0 Å². The van der Waals surface area contributed by atoms with Crippen molar-refractivity contribution in [2.45, 2.75) is 59.9 Å². The third kappa shape index (κ3) is 2.89. The summed E-state index contributed by atoms with van der Waals surface area (Å²) in [7, 11) is 0. The van der Waals surface area contributed by atoms with Crippen LogP contribution >= 0.6 is 0 Å².